The predicted octanol–water partition coefficient (Wildman–Crippen LogP) is 4.36. The Kier molecular flexibility index (Phi) is 6.76. The maximum atomic E-state index is 12.4. The third-order valence-corrected chi connectivity index (χ3v) is 5.29. The molecule has 6 heteroatoms. The van der Waals surface area contributed by atoms with Crippen molar-refractivity contribution in [1.82, 2.24) is 4.98 Å². The van der Waals surface area contributed by atoms with Crippen LogP contribution in [0.15, 0.2) is 53.3 Å². The van der Waals surface area contributed by atoms with E-state index in [4.69, 9.17) is 4.74 Å². The number of hydrogen-bond donors (Lipinski definition) is 2. The Morgan fingerprint density at radius 2 is 1.96 bits per heavy atom. The fourth-order valence-corrected chi connectivity index (χ4v) is 3.67. The van der Waals surface area contributed by atoms with Crippen LogP contribution in [0.4, 0.5) is 5.69 Å². The van der Waals surface area contributed by atoms with Crippen LogP contribution in [0.25, 0.3) is 10.9 Å². The van der Waals surface area contributed by atoms with Crippen LogP contribution in [0, 0.1) is 0 Å². The van der Waals surface area contributed by atoms with E-state index in [1.54, 1.807) is 6.07 Å². The number of nitrogens with one attached hydrogen (secondary N) is 2. The van der Waals surface area contributed by atoms with Crippen molar-refractivity contribution >= 4 is 34.3 Å². The number of carbonyl (C=O) groups is 1. The highest BCUT2D eigenvalue weighted by Gasteiger charge is 2.09. The lowest BCUT2D eigenvalue weighted by molar-refractivity contribution is -0.113. The second kappa shape index (κ2) is 9.46. The van der Waals surface area contributed by atoms with Gasteiger partial charge in [0.2, 0.25) is 5.91 Å². The third kappa shape index (κ3) is 4.95. The molecule has 0 bridgehead atoms. The van der Waals surface area contributed by atoms with Crippen LogP contribution in [-0.2, 0) is 17.0 Å². The summed E-state index contributed by atoms with van der Waals surface area (Å²) in [5.41, 5.74) is 3.46. The molecule has 5 nitrogen and oxygen atoms in total. The molecule has 0 unspecified atom stereocenters. The van der Waals surface area contributed by atoms with E-state index in [0.717, 1.165) is 23.2 Å². The van der Waals surface area contributed by atoms with Crippen LogP contribution >= 0.6 is 11.8 Å². The molecule has 1 aromatic heterocycles. The fraction of sp³-hybridized carbons (Fsp3) is 0.273. The number of aryl methyl sites for hydroxylation is 1. The van der Waals surface area contributed by atoms with E-state index in [0.29, 0.717) is 29.2 Å². The first-order valence-electron chi connectivity index (χ1n) is 9.35. The van der Waals surface area contributed by atoms with Crippen molar-refractivity contribution in [1.29, 1.82) is 0 Å². The summed E-state index contributed by atoms with van der Waals surface area (Å²) in [6.07, 6.45) is 0.897. The molecule has 0 spiro atoms. The number of pyridine rings is 1. The number of rotatable bonds is 8. The predicted molar refractivity (Wildman–Crippen MR) is 116 cm³/mol. The molecule has 0 saturated carbocycles. The number of amides is 1. The molecule has 0 atom stereocenters. The van der Waals surface area contributed by atoms with Gasteiger partial charge in [-0.25, -0.2) is 0 Å². The highest BCUT2D eigenvalue weighted by molar-refractivity contribution is 7.99. The van der Waals surface area contributed by atoms with Gasteiger partial charge in [-0.15, -0.1) is 11.8 Å². The Morgan fingerprint density at radius 1 is 1.14 bits per heavy atom. The van der Waals surface area contributed by atoms with E-state index in [9.17, 15) is 9.59 Å². The van der Waals surface area contributed by atoms with Gasteiger partial charge in [-0.05, 0) is 43.2 Å². The van der Waals surface area contributed by atoms with Crippen LogP contribution in [0.3, 0.4) is 0 Å². The highest BCUT2D eigenvalue weighted by atomic mass is 32.2. The maximum absolute atomic E-state index is 12.4. The van der Waals surface area contributed by atoms with E-state index in [1.165, 1.54) is 11.8 Å². The minimum atomic E-state index is -0.104. The first kappa shape index (κ1) is 20.0. The summed E-state index contributed by atoms with van der Waals surface area (Å²) < 4.78 is 5.52. The van der Waals surface area contributed by atoms with Gasteiger partial charge in [0, 0.05) is 28.4 Å². The number of anilines is 1. The summed E-state index contributed by atoms with van der Waals surface area (Å²) in [4.78, 5) is 27.9. The van der Waals surface area contributed by atoms with Gasteiger partial charge in [-0.3, -0.25) is 9.59 Å². The average Bonchev–Trinajstić information content (AvgIpc) is 2.69. The second-order valence-corrected chi connectivity index (χ2v) is 7.35. The maximum Gasteiger partial charge on any atom is 0.234 e. The minimum absolute atomic E-state index is 0.00902. The molecule has 3 rings (SSSR count). The van der Waals surface area contributed by atoms with Crippen molar-refractivity contribution in [2.75, 3.05) is 17.7 Å². The smallest absolute Gasteiger partial charge is 0.234 e. The Morgan fingerprint density at radius 3 is 2.75 bits per heavy atom. The normalized spacial score (nSPS) is 10.8. The number of thioether (sulfide) groups is 1. The van der Waals surface area contributed by atoms with E-state index in [-0.39, 0.29) is 17.1 Å². The van der Waals surface area contributed by atoms with Crippen molar-refractivity contribution in [2.24, 2.45) is 0 Å². The molecule has 1 amide bonds. The van der Waals surface area contributed by atoms with Crippen molar-refractivity contribution in [2.45, 2.75) is 26.0 Å². The van der Waals surface area contributed by atoms with Gasteiger partial charge in [-0.2, -0.15) is 0 Å². The molecule has 0 saturated heterocycles. The summed E-state index contributed by atoms with van der Waals surface area (Å²) >= 11 is 1.45. The molecule has 0 aliphatic rings. The molecule has 1 heterocycles. The topological polar surface area (TPSA) is 71.2 Å². The van der Waals surface area contributed by atoms with Gasteiger partial charge in [-0.1, -0.05) is 25.1 Å². The number of ether oxygens (including phenoxy) is 1. The summed E-state index contributed by atoms with van der Waals surface area (Å²) in [6.45, 7) is 4.51. The van der Waals surface area contributed by atoms with Gasteiger partial charge in [0.15, 0.2) is 5.43 Å². The van der Waals surface area contributed by atoms with Crippen LogP contribution < -0.4 is 15.5 Å². The van der Waals surface area contributed by atoms with Crippen molar-refractivity contribution < 1.29 is 9.53 Å². The molecule has 2 N–H and O–H groups in total. The molecule has 2 aromatic carbocycles. The Labute approximate surface area is 168 Å². The lowest BCUT2D eigenvalue weighted by Gasteiger charge is -2.11. The van der Waals surface area contributed by atoms with Crippen molar-refractivity contribution in [3.8, 4) is 5.75 Å². The average molecular weight is 397 g/mol. The van der Waals surface area contributed by atoms with Crippen LogP contribution in [0.5, 0.6) is 5.75 Å². The zero-order valence-electron chi connectivity index (χ0n) is 16.1. The molecule has 0 fully saturated rings. The van der Waals surface area contributed by atoms with E-state index < -0.39 is 0 Å². The molecule has 0 radical (unpaired) electrons. The number of hydrogen-bond acceptors (Lipinski definition) is 4. The largest absolute Gasteiger partial charge is 0.492 e. The van der Waals surface area contributed by atoms with E-state index in [2.05, 4.69) is 17.2 Å². The number of benzene rings is 2. The number of para-hydroxylation sites is 2. The van der Waals surface area contributed by atoms with E-state index in [1.807, 2.05) is 49.4 Å². The van der Waals surface area contributed by atoms with Gasteiger partial charge in [0.1, 0.15) is 5.75 Å². The molecular weight excluding hydrogens is 372 g/mol. The summed E-state index contributed by atoms with van der Waals surface area (Å²) in [5, 5.41) is 3.59. The Bertz CT molecular complexity index is 1030. The molecule has 3 aromatic rings. The second-order valence-electron chi connectivity index (χ2n) is 6.36. The standard InChI is InChI=1S/C22H24N2O3S/c1-3-15-9-10-18-17(11-15)20(25)12-16(23-18)13-28-14-22(26)24-19-7-5-6-8-21(19)27-4-2/h5-12H,3-4,13-14H2,1-2H3,(H,23,25)(H,24,26). The first-order valence-corrected chi connectivity index (χ1v) is 10.5. The molecule has 0 aliphatic heterocycles. The van der Waals surface area contributed by atoms with Crippen LogP contribution in [0.2, 0.25) is 0 Å². The molecule has 28 heavy (non-hydrogen) atoms. The number of aromatic amines is 1. The van der Waals surface area contributed by atoms with Crippen LogP contribution in [-0.4, -0.2) is 23.3 Å². The number of carbonyl (C=O) groups excluding carboxylic acids is 1. The van der Waals surface area contributed by atoms with Gasteiger partial charge in [0.05, 0.1) is 18.0 Å². The van der Waals surface area contributed by atoms with Crippen molar-refractivity contribution in [3.05, 3.63) is 70.0 Å². The summed E-state index contributed by atoms with van der Waals surface area (Å²) in [7, 11) is 0. The number of H-pyrrole nitrogens is 1. The summed E-state index contributed by atoms with van der Waals surface area (Å²) in [6, 6.07) is 14.9. The number of aromatic nitrogens is 1. The molecule has 146 valence electrons. The van der Waals surface area contributed by atoms with Crippen molar-refractivity contribution in [3.63, 3.8) is 0 Å². The lowest BCUT2D eigenvalue weighted by Crippen LogP contribution is -2.15. The number of fused-ring (bicyclic) bond motifs is 1. The zero-order chi connectivity index (χ0) is 19.9. The SMILES string of the molecule is CCOc1ccccc1NC(=O)CSCc1cc(=O)c2cc(CC)ccc2[nH]1. The zero-order valence-corrected chi connectivity index (χ0v) is 16.9. The highest BCUT2D eigenvalue weighted by Crippen LogP contribution is 2.24. The molecule has 0 aliphatic carbocycles. The lowest BCUT2D eigenvalue weighted by atomic mass is 10.1. The minimum Gasteiger partial charge on any atom is -0.492 e. The Hall–Kier alpha value is -2.73. The van der Waals surface area contributed by atoms with E-state index >= 15 is 0 Å². The van der Waals surface area contributed by atoms with Gasteiger partial charge >= 0.3 is 0 Å². The fourth-order valence-electron chi connectivity index (χ4n) is 2.94. The monoisotopic (exact) mass is 396 g/mol. The third-order valence-electron chi connectivity index (χ3n) is 4.31. The molecular formula is C22H24N2O3S. The summed E-state index contributed by atoms with van der Waals surface area (Å²) in [5.74, 6) is 1.40. The Balaban J connectivity index is 1.60. The van der Waals surface area contributed by atoms with Crippen LogP contribution in [0.1, 0.15) is 25.1 Å². The van der Waals surface area contributed by atoms with Gasteiger partial charge < -0.3 is 15.0 Å². The van der Waals surface area contributed by atoms with Gasteiger partial charge in [0.25, 0.3) is 0 Å². The quantitative estimate of drug-likeness (QED) is 0.593. The first-order chi connectivity index (χ1) is 13.6.